The molecule has 0 saturated heterocycles. The number of rotatable bonds is 7. The average Bonchev–Trinajstić information content (AvgIpc) is 2.81. The maximum Gasteiger partial charge on any atom is 0.222 e. The molecule has 3 N–H and O–H groups in total. The number of nitrogens with one attached hydrogen (secondary N) is 1. The Morgan fingerprint density at radius 1 is 1.56 bits per heavy atom. The molecule has 0 aliphatic heterocycles. The lowest BCUT2D eigenvalue weighted by Crippen LogP contribution is -2.55. The van der Waals surface area contributed by atoms with Gasteiger partial charge in [0.05, 0.1) is 0 Å². The van der Waals surface area contributed by atoms with Crippen molar-refractivity contribution in [2.45, 2.75) is 70.6 Å². The number of aliphatic hydroxyl groups excluding tert-OH is 1. The Bertz CT molecular complexity index is 310. The predicted molar refractivity (Wildman–Crippen MR) is 70.8 cm³/mol. The summed E-state index contributed by atoms with van der Waals surface area (Å²) in [6.07, 6.45) is 6.95. The fraction of sp³-hybridized carbons (Fsp3) is 0.786. The third-order valence-electron chi connectivity index (χ3n) is 3.36. The Morgan fingerprint density at radius 2 is 2.28 bits per heavy atom. The molecule has 2 atom stereocenters. The molecular weight excluding hydrogens is 230 g/mol. The number of carbonyl (C=O) groups is 1. The predicted octanol–water partition coefficient (Wildman–Crippen LogP) is 1.86. The van der Waals surface area contributed by atoms with Crippen molar-refractivity contribution in [1.29, 1.82) is 0 Å². The highest BCUT2D eigenvalue weighted by molar-refractivity contribution is 5.76. The van der Waals surface area contributed by atoms with Crippen LogP contribution in [-0.2, 0) is 4.79 Å². The van der Waals surface area contributed by atoms with Crippen LogP contribution in [0.2, 0.25) is 0 Å². The summed E-state index contributed by atoms with van der Waals surface area (Å²) in [6, 6.07) is 0. The number of unbranched alkanes of at least 4 members (excludes halogenated alkanes) is 2. The first-order valence-corrected chi connectivity index (χ1v) is 6.87. The van der Waals surface area contributed by atoms with Crippen LogP contribution in [-0.4, -0.2) is 27.9 Å². The number of allylic oxidation sites excluding steroid dienone is 1. The Hall–Kier alpha value is -0.870. The second-order valence-corrected chi connectivity index (χ2v) is 5.23. The zero-order valence-electron chi connectivity index (χ0n) is 11.4. The summed E-state index contributed by atoms with van der Waals surface area (Å²) in [5, 5.41) is 22.7. The molecule has 0 fully saturated rings. The summed E-state index contributed by atoms with van der Waals surface area (Å²) in [5.74, 6) is -0.203. The molecule has 4 heteroatoms. The zero-order chi connectivity index (χ0) is 13.6. The molecule has 1 aliphatic rings. The van der Waals surface area contributed by atoms with Crippen LogP contribution < -0.4 is 5.32 Å². The van der Waals surface area contributed by atoms with E-state index in [1.807, 2.05) is 6.08 Å². The van der Waals surface area contributed by atoms with Crippen molar-refractivity contribution in [2.24, 2.45) is 0 Å². The normalized spacial score (nSPS) is 20.1. The fourth-order valence-corrected chi connectivity index (χ4v) is 2.25. The minimum atomic E-state index is -1.57. The van der Waals surface area contributed by atoms with Crippen LogP contribution in [0.4, 0.5) is 0 Å². The van der Waals surface area contributed by atoms with Gasteiger partial charge >= 0.3 is 0 Å². The van der Waals surface area contributed by atoms with Gasteiger partial charge in [-0.15, -0.1) is 0 Å². The smallest absolute Gasteiger partial charge is 0.222 e. The Kier molecular flexibility index (Phi) is 5.82. The van der Waals surface area contributed by atoms with Gasteiger partial charge in [-0.25, -0.2) is 0 Å². The van der Waals surface area contributed by atoms with Crippen molar-refractivity contribution < 1.29 is 15.0 Å². The van der Waals surface area contributed by atoms with Crippen LogP contribution in [0.1, 0.15) is 58.8 Å². The van der Waals surface area contributed by atoms with Crippen LogP contribution >= 0.6 is 0 Å². The molecule has 0 heterocycles. The van der Waals surface area contributed by atoms with Crippen molar-refractivity contribution in [1.82, 2.24) is 5.32 Å². The van der Waals surface area contributed by atoms with E-state index in [0.717, 1.165) is 44.1 Å². The molecule has 0 radical (unpaired) electrons. The Balaban J connectivity index is 2.44. The summed E-state index contributed by atoms with van der Waals surface area (Å²) in [6.45, 7) is 3.53. The Labute approximate surface area is 109 Å². The zero-order valence-corrected chi connectivity index (χ0v) is 11.4. The summed E-state index contributed by atoms with van der Waals surface area (Å²) < 4.78 is 0. The van der Waals surface area contributed by atoms with Gasteiger partial charge in [-0.1, -0.05) is 25.8 Å². The first kappa shape index (κ1) is 15.2. The van der Waals surface area contributed by atoms with E-state index in [0.29, 0.717) is 6.42 Å². The highest BCUT2D eigenvalue weighted by Crippen LogP contribution is 2.25. The second-order valence-electron chi connectivity index (χ2n) is 5.23. The van der Waals surface area contributed by atoms with Crippen LogP contribution in [0, 0.1) is 0 Å². The summed E-state index contributed by atoms with van der Waals surface area (Å²) in [5.41, 5.74) is -0.742. The van der Waals surface area contributed by atoms with Gasteiger partial charge in [-0.3, -0.25) is 4.79 Å². The van der Waals surface area contributed by atoms with E-state index in [1.54, 1.807) is 0 Å². The molecule has 104 valence electrons. The molecule has 1 aliphatic carbocycles. The van der Waals surface area contributed by atoms with E-state index >= 15 is 0 Å². The molecule has 0 saturated carbocycles. The molecule has 0 bridgehead atoms. The molecule has 18 heavy (non-hydrogen) atoms. The lowest BCUT2D eigenvalue weighted by atomic mass is 9.99. The lowest BCUT2D eigenvalue weighted by molar-refractivity contribution is -0.134. The van der Waals surface area contributed by atoms with Gasteiger partial charge in [0.15, 0.2) is 5.72 Å². The molecular formula is C14H25NO3. The van der Waals surface area contributed by atoms with E-state index in [1.165, 1.54) is 6.92 Å². The standard InChI is InChI=1S/C14H25NO3/c1-3-4-5-10-12(16)15-14(2,18)13(17)11-8-6-7-9-11/h8,13,17-18H,3-7,9-10H2,1-2H3,(H,15,16). The van der Waals surface area contributed by atoms with Crippen molar-refractivity contribution >= 4 is 5.91 Å². The van der Waals surface area contributed by atoms with Crippen molar-refractivity contribution in [3.8, 4) is 0 Å². The van der Waals surface area contributed by atoms with E-state index in [9.17, 15) is 15.0 Å². The van der Waals surface area contributed by atoms with Gasteiger partial charge in [0.2, 0.25) is 5.91 Å². The van der Waals surface area contributed by atoms with E-state index in [4.69, 9.17) is 0 Å². The van der Waals surface area contributed by atoms with E-state index in [2.05, 4.69) is 12.2 Å². The maximum atomic E-state index is 11.7. The van der Waals surface area contributed by atoms with Gasteiger partial charge in [-0.05, 0) is 38.2 Å². The SMILES string of the molecule is CCCCCC(=O)NC(C)(O)C(O)C1=CCCC1. The monoisotopic (exact) mass is 255 g/mol. The molecule has 0 spiro atoms. The number of aliphatic hydroxyl groups is 2. The van der Waals surface area contributed by atoms with Gasteiger partial charge in [0.25, 0.3) is 0 Å². The number of amides is 1. The first-order valence-electron chi connectivity index (χ1n) is 6.87. The third kappa shape index (κ3) is 4.42. The molecule has 0 aromatic rings. The molecule has 4 nitrogen and oxygen atoms in total. The Morgan fingerprint density at radius 3 is 2.83 bits per heavy atom. The van der Waals surface area contributed by atoms with Crippen LogP contribution in [0.5, 0.6) is 0 Å². The summed E-state index contributed by atoms with van der Waals surface area (Å²) in [4.78, 5) is 11.7. The second kappa shape index (κ2) is 6.90. The van der Waals surface area contributed by atoms with E-state index in [-0.39, 0.29) is 5.91 Å². The number of hydrogen-bond donors (Lipinski definition) is 3. The molecule has 1 rings (SSSR count). The van der Waals surface area contributed by atoms with E-state index < -0.39 is 11.8 Å². The highest BCUT2D eigenvalue weighted by Gasteiger charge is 2.34. The lowest BCUT2D eigenvalue weighted by Gasteiger charge is -2.31. The van der Waals surface area contributed by atoms with Crippen LogP contribution in [0.15, 0.2) is 11.6 Å². The number of carbonyl (C=O) groups excluding carboxylic acids is 1. The van der Waals surface area contributed by atoms with Crippen molar-refractivity contribution in [3.63, 3.8) is 0 Å². The van der Waals surface area contributed by atoms with Crippen LogP contribution in [0.25, 0.3) is 0 Å². The molecule has 0 aromatic carbocycles. The minimum Gasteiger partial charge on any atom is -0.384 e. The summed E-state index contributed by atoms with van der Waals surface area (Å²) >= 11 is 0. The topological polar surface area (TPSA) is 69.6 Å². The van der Waals surface area contributed by atoms with Gasteiger partial charge < -0.3 is 15.5 Å². The van der Waals surface area contributed by atoms with Gasteiger partial charge in [-0.2, -0.15) is 0 Å². The molecule has 0 aromatic heterocycles. The minimum absolute atomic E-state index is 0.203. The molecule has 2 unspecified atom stereocenters. The molecule has 1 amide bonds. The quantitative estimate of drug-likeness (QED) is 0.369. The largest absolute Gasteiger partial charge is 0.384 e. The third-order valence-corrected chi connectivity index (χ3v) is 3.36. The number of hydrogen-bond acceptors (Lipinski definition) is 3. The maximum absolute atomic E-state index is 11.7. The van der Waals surface area contributed by atoms with Crippen molar-refractivity contribution in [3.05, 3.63) is 11.6 Å². The van der Waals surface area contributed by atoms with Crippen molar-refractivity contribution in [2.75, 3.05) is 0 Å². The highest BCUT2D eigenvalue weighted by atomic mass is 16.4. The fourth-order valence-electron chi connectivity index (χ4n) is 2.25. The van der Waals surface area contributed by atoms with Gasteiger partial charge in [0.1, 0.15) is 6.10 Å². The van der Waals surface area contributed by atoms with Crippen LogP contribution in [0.3, 0.4) is 0 Å². The first-order chi connectivity index (χ1) is 8.47. The van der Waals surface area contributed by atoms with Gasteiger partial charge in [0, 0.05) is 6.42 Å². The summed E-state index contributed by atoms with van der Waals surface area (Å²) in [7, 11) is 0. The average molecular weight is 255 g/mol.